The van der Waals surface area contributed by atoms with Crippen LogP contribution in [0.15, 0.2) is 95.0 Å². The first-order valence-electron chi connectivity index (χ1n) is 10.9. The maximum Gasteiger partial charge on any atom is 0.272 e. The Hall–Kier alpha value is -4.30. The lowest BCUT2D eigenvalue weighted by Gasteiger charge is -2.17. The van der Waals surface area contributed by atoms with Gasteiger partial charge in [0.2, 0.25) is 0 Å². The summed E-state index contributed by atoms with van der Waals surface area (Å²) in [5.41, 5.74) is 5.22. The first-order chi connectivity index (χ1) is 16.9. The van der Waals surface area contributed by atoms with E-state index in [1.54, 1.807) is 24.3 Å². The molecule has 6 nitrogen and oxygen atoms in total. The predicted molar refractivity (Wildman–Crippen MR) is 126 cm³/mol. The molecule has 0 aromatic heterocycles. The number of hydrazine groups is 1. The van der Waals surface area contributed by atoms with E-state index in [0.717, 1.165) is 0 Å². The molecule has 8 heteroatoms. The Morgan fingerprint density at radius 2 is 1.34 bits per heavy atom. The summed E-state index contributed by atoms with van der Waals surface area (Å²) in [5.74, 6) is -1.94. The van der Waals surface area contributed by atoms with Crippen LogP contribution in [-0.4, -0.2) is 29.4 Å². The number of aliphatic imine (C=N–C) groups is 1. The Morgan fingerprint density at radius 3 is 1.91 bits per heavy atom. The Kier molecular flexibility index (Phi) is 5.88. The number of Topliss-reactive ketones (excluding diaryl/α,β-unsaturated/α-hetero) is 2. The van der Waals surface area contributed by atoms with Crippen LogP contribution >= 0.6 is 0 Å². The molecule has 1 saturated heterocycles. The topological polar surface area (TPSA) is 78.8 Å². The van der Waals surface area contributed by atoms with E-state index in [1.807, 2.05) is 6.07 Å². The summed E-state index contributed by atoms with van der Waals surface area (Å²) in [7, 11) is 0. The quantitative estimate of drug-likeness (QED) is 0.517. The summed E-state index contributed by atoms with van der Waals surface area (Å²) >= 11 is 0. The molecule has 5 rings (SSSR count). The number of anilines is 1. The van der Waals surface area contributed by atoms with Gasteiger partial charge in [-0.15, -0.1) is 0 Å². The van der Waals surface area contributed by atoms with Gasteiger partial charge in [-0.1, -0.05) is 18.2 Å². The highest BCUT2D eigenvalue weighted by Crippen LogP contribution is 2.33. The van der Waals surface area contributed by atoms with Crippen molar-refractivity contribution in [2.45, 2.75) is 19.0 Å². The van der Waals surface area contributed by atoms with Crippen LogP contribution in [0.25, 0.3) is 0 Å². The van der Waals surface area contributed by atoms with Gasteiger partial charge >= 0.3 is 0 Å². The molecule has 0 aliphatic carbocycles. The van der Waals surface area contributed by atoms with Crippen molar-refractivity contribution in [2.75, 3.05) is 5.01 Å². The molecule has 0 bridgehead atoms. The number of ketones is 2. The number of benzene rings is 3. The fourth-order valence-electron chi connectivity index (χ4n) is 4.17. The van der Waals surface area contributed by atoms with Gasteiger partial charge in [-0.2, -0.15) is 5.43 Å². The molecule has 2 heterocycles. The van der Waals surface area contributed by atoms with E-state index >= 15 is 0 Å². The van der Waals surface area contributed by atoms with Crippen molar-refractivity contribution in [3.05, 3.63) is 113 Å². The van der Waals surface area contributed by atoms with E-state index in [9.17, 15) is 23.2 Å². The highest BCUT2D eigenvalue weighted by atomic mass is 19.1. The molecule has 2 aliphatic rings. The SMILES string of the molecule is O=C(CC1=N[C@H]2NN(c3ccccc3)C(=O)C2=C1CC(=O)c1ccc(F)cc1)c1ccc(F)cc1. The Morgan fingerprint density at radius 1 is 0.800 bits per heavy atom. The highest BCUT2D eigenvalue weighted by Gasteiger charge is 2.43. The van der Waals surface area contributed by atoms with E-state index in [1.165, 1.54) is 53.5 Å². The smallest absolute Gasteiger partial charge is 0.272 e. The molecular weight excluding hydrogens is 452 g/mol. The summed E-state index contributed by atoms with van der Waals surface area (Å²) in [5, 5.41) is 1.37. The minimum Gasteiger partial charge on any atom is -0.294 e. The van der Waals surface area contributed by atoms with Crippen LogP contribution in [0.4, 0.5) is 14.5 Å². The predicted octanol–water partition coefficient (Wildman–Crippen LogP) is 4.44. The standard InChI is InChI=1S/C27H19F2N3O3/c28-18-10-6-16(7-11-18)23(33)14-21-22(15-24(34)17-8-12-19(29)13-9-17)30-26-25(21)27(35)32(31-26)20-4-2-1-3-5-20/h1-13,26,31H,14-15H2/t26-/m0/s1. The monoisotopic (exact) mass is 471 g/mol. The lowest BCUT2D eigenvalue weighted by molar-refractivity contribution is -0.114. The Labute approximate surface area is 199 Å². The number of halogens is 2. The molecular formula is C27H19F2N3O3. The number of para-hydroxylation sites is 1. The van der Waals surface area contributed by atoms with Crippen LogP contribution in [-0.2, 0) is 4.79 Å². The zero-order chi connectivity index (χ0) is 24.5. The van der Waals surface area contributed by atoms with Crippen LogP contribution in [0.5, 0.6) is 0 Å². The maximum absolute atomic E-state index is 13.3. The average molecular weight is 471 g/mol. The molecule has 3 aromatic rings. The van der Waals surface area contributed by atoms with Crippen LogP contribution in [0.1, 0.15) is 33.6 Å². The molecule has 174 valence electrons. The minimum absolute atomic E-state index is 0.155. The average Bonchev–Trinajstić information content (AvgIpc) is 3.36. The summed E-state index contributed by atoms with van der Waals surface area (Å²) < 4.78 is 26.6. The second-order valence-corrected chi connectivity index (χ2v) is 8.19. The van der Waals surface area contributed by atoms with E-state index in [0.29, 0.717) is 28.1 Å². The van der Waals surface area contributed by atoms with Crippen LogP contribution < -0.4 is 10.4 Å². The molecule has 0 radical (unpaired) electrons. The second-order valence-electron chi connectivity index (χ2n) is 8.19. The van der Waals surface area contributed by atoms with Gasteiger partial charge in [0, 0.05) is 23.3 Å². The number of allylic oxidation sites excluding steroid dienone is 1. The number of carbonyl (C=O) groups is 3. The highest BCUT2D eigenvalue weighted by molar-refractivity contribution is 6.24. The fraction of sp³-hybridized carbons (Fsp3) is 0.111. The van der Waals surface area contributed by atoms with Gasteiger partial charge in [0.05, 0.1) is 17.7 Å². The molecule has 1 N–H and O–H groups in total. The van der Waals surface area contributed by atoms with Crippen molar-refractivity contribution in [1.29, 1.82) is 0 Å². The fourth-order valence-corrected chi connectivity index (χ4v) is 4.17. The van der Waals surface area contributed by atoms with E-state index in [2.05, 4.69) is 10.4 Å². The third-order valence-electron chi connectivity index (χ3n) is 5.93. The number of carbonyl (C=O) groups excluding carboxylic acids is 3. The van der Waals surface area contributed by atoms with Crippen molar-refractivity contribution < 1.29 is 23.2 Å². The number of nitrogens with zero attached hydrogens (tertiary/aromatic N) is 2. The van der Waals surface area contributed by atoms with Gasteiger partial charge < -0.3 is 0 Å². The number of amides is 1. The first kappa shape index (κ1) is 22.5. The van der Waals surface area contributed by atoms with Gasteiger partial charge in [-0.05, 0) is 66.2 Å². The number of hydrogen-bond acceptors (Lipinski definition) is 5. The van der Waals surface area contributed by atoms with Gasteiger partial charge in [0.1, 0.15) is 17.8 Å². The molecule has 3 aromatic carbocycles. The van der Waals surface area contributed by atoms with E-state index < -0.39 is 17.8 Å². The maximum atomic E-state index is 13.3. The minimum atomic E-state index is -0.741. The summed E-state index contributed by atoms with van der Waals surface area (Å²) in [6.45, 7) is 0. The van der Waals surface area contributed by atoms with E-state index in [4.69, 9.17) is 0 Å². The first-order valence-corrected chi connectivity index (χ1v) is 10.9. The van der Waals surface area contributed by atoms with Crippen molar-refractivity contribution in [3.63, 3.8) is 0 Å². The van der Waals surface area contributed by atoms with Gasteiger partial charge in [0.25, 0.3) is 5.91 Å². The third kappa shape index (κ3) is 4.43. The summed E-state index contributed by atoms with van der Waals surface area (Å²) in [4.78, 5) is 43.8. The third-order valence-corrected chi connectivity index (χ3v) is 5.93. The summed E-state index contributed by atoms with van der Waals surface area (Å²) in [6.07, 6.45) is -1.07. The molecule has 1 amide bonds. The van der Waals surface area contributed by atoms with Crippen molar-refractivity contribution in [2.24, 2.45) is 4.99 Å². The van der Waals surface area contributed by atoms with Crippen LogP contribution in [0.2, 0.25) is 0 Å². The molecule has 1 atom stereocenters. The van der Waals surface area contributed by atoms with Crippen molar-refractivity contribution in [1.82, 2.24) is 5.43 Å². The number of nitrogens with one attached hydrogen (secondary N) is 1. The van der Waals surface area contributed by atoms with E-state index in [-0.39, 0.29) is 35.9 Å². The number of rotatable bonds is 7. The molecule has 1 fully saturated rings. The zero-order valence-electron chi connectivity index (χ0n) is 18.4. The molecule has 0 unspecified atom stereocenters. The molecule has 35 heavy (non-hydrogen) atoms. The molecule has 0 spiro atoms. The van der Waals surface area contributed by atoms with Gasteiger partial charge in [-0.3, -0.25) is 19.4 Å². The van der Waals surface area contributed by atoms with Crippen LogP contribution in [0.3, 0.4) is 0 Å². The zero-order valence-corrected chi connectivity index (χ0v) is 18.4. The van der Waals surface area contributed by atoms with Crippen molar-refractivity contribution >= 4 is 28.9 Å². The number of fused-ring (bicyclic) bond motifs is 1. The van der Waals surface area contributed by atoms with Crippen LogP contribution in [0, 0.1) is 11.6 Å². The Bertz CT molecular complexity index is 1380. The van der Waals surface area contributed by atoms with Gasteiger partial charge in [0.15, 0.2) is 11.6 Å². The molecule has 2 aliphatic heterocycles. The largest absolute Gasteiger partial charge is 0.294 e. The lowest BCUT2D eigenvalue weighted by Crippen LogP contribution is -2.37. The molecule has 0 saturated carbocycles. The normalized spacial score (nSPS) is 17.0. The second kappa shape index (κ2) is 9.15. The lowest BCUT2D eigenvalue weighted by atomic mass is 9.93. The summed E-state index contributed by atoms with van der Waals surface area (Å²) in [6, 6.07) is 19.2. The van der Waals surface area contributed by atoms with Crippen molar-refractivity contribution in [3.8, 4) is 0 Å². The Balaban J connectivity index is 1.47. The van der Waals surface area contributed by atoms with Gasteiger partial charge in [-0.25, -0.2) is 13.8 Å². The number of hydrogen-bond donors (Lipinski definition) is 1.